The number of benzene rings is 1. The average molecular weight is 262 g/mol. The molecule has 0 spiro atoms. The first-order valence-corrected chi connectivity index (χ1v) is 7.53. The number of aliphatic hydroxyl groups excluding tert-OH is 1. The highest BCUT2D eigenvalue weighted by Gasteiger charge is 2.32. The van der Waals surface area contributed by atoms with Gasteiger partial charge in [0, 0.05) is 0 Å². The number of rotatable bonds is 4. The largest absolute Gasteiger partial charge is 0.488 e. The van der Waals surface area contributed by atoms with Gasteiger partial charge < -0.3 is 9.84 Å². The molecule has 1 saturated carbocycles. The third-order valence-electron chi connectivity index (χ3n) is 4.36. The molecule has 0 saturated heterocycles. The minimum atomic E-state index is -0.319. The van der Waals surface area contributed by atoms with E-state index in [1.807, 2.05) is 12.1 Å². The predicted molar refractivity (Wildman–Crippen MR) is 78.4 cm³/mol. The van der Waals surface area contributed by atoms with Crippen LogP contribution < -0.4 is 4.74 Å². The average Bonchev–Trinajstić information content (AvgIpc) is 2.42. The smallest absolute Gasteiger partial charge is 0.125 e. The zero-order valence-corrected chi connectivity index (χ0v) is 12.3. The maximum absolute atomic E-state index is 10.1. The van der Waals surface area contributed by atoms with Gasteiger partial charge >= 0.3 is 0 Å². The van der Waals surface area contributed by atoms with Crippen LogP contribution in [0.5, 0.6) is 5.75 Å². The third kappa shape index (κ3) is 3.73. The maximum atomic E-state index is 10.1. The summed E-state index contributed by atoms with van der Waals surface area (Å²) in [6, 6.07) is 8.24. The summed E-state index contributed by atoms with van der Waals surface area (Å²) in [6.45, 7) is 6.67. The molecule has 106 valence electrons. The summed E-state index contributed by atoms with van der Waals surface area (Å²) in [5.41, 5.74) is 1.32. The topological polar surface area (TPSA) is 29.5 Å². The van der Waals surface area contributed by atoms with E-state index in [1.165, 1.54) is 5.56 Å². The quantitative estimate of drug-likeness (QED) is 0.894. The second kappa shape index (κ2) is 6.42. The molecule has 0 aliphatic heterocycles. The molecule has 1 aromatic carbocycles. The Hall–Kier alpha value is -1.02. The molecule has 19 heavy (non-hydrogen) atoms. The van der Waals surface area contributed by atoms with Gasteiger partial charge in [-0.05, 0) is 55.2 Å². The van der Waals surface area contributed by atoms with Crippen LogP contribution in [0.3, 0.4) is 0 Å². The Morgan fingerprint density at radius 3 is 2.47 bits per heavy atom. The summed E-state index contributed by atoms with van der Waals surface area (Å²) in [4.78, 5) is 0. The van der Waals surface area contributed by atoms with Crippen LogP contribution in [0, 0.1) is 11.8 Å². The van der Waals surface area contributed by atoms with Crippen LogP contribution in [-0.4, -0.2) is 17.3 Å². The summed E-state index contributed by atoms with van der Waals surface area (Å²) in [5, 5.41) is 10.1. The fourth-order valence-corrected chi connectivity index (χ4v) is 2.85. The molecule has 2 heteroatoms. The lowest BCUT2D eigenvalue weighted by Crippen LogP contribution is -2.39. The predicted octanol–water partition coefficient (Wildman–Crippen LogP) is 3.81. The van der Waals surface area contributed by atoms with Crippen molar-refractivity contribution in [3.05, 3.63) is 29.8 Å². The zero-order valence-electron chi connectivity index (χ0n) is 12.3. The van der Waals surface area contributed by atoms with Crippen LogP contribution >= 0.6 is 0 Å². The minimum Gasteiger partial charge on any atom is -0.488 e. The molecule has 0 amide bonds. The van der Waals surface area contributed by atoms with Crippen molar-refractivity contribution in [2.24, 2.45) is 11.8 Å². The number of hydrogen-bond acceptors (Lipinski definition) is 2. The van der Waals surface area contributed by atoms with Crippen LogP contribution in [0.1, 0.15) is 45.6 Å². The van der Waals surface area contributed by atoms with Gasteiger partial charge in [0.1, 0.15) is 11.9 Å². The highest BCUT2D eigenvalue weighted by Crippen LogP contribution is 2.32. The van der Waals surface area contributed by atoms with Gasteiger partial charge in [-0.25, -0.2) is 0 Å². The molecular weight excluding hydrogens is 236 g/mol. The van der Waals surface area contributed by atoms with Gasteiger partial charge in [0.15, 0.2) is 0 Å². The summed E-state index contributed by atoms with van der Waals surface area (Å²) >= 11 is 0. The van der Waals surface area contributed by atoms with Crippen molar-refractivity contribution in [2.45, 2.75) is 58.7 Å². The molecule has 0 heterocycles. The van der Waals surface area contributed by atoms with E-state index in [0.29, 0.717) is 11.8 Å². The summed E-state index contributed by atoms with van der Waals surface area (Å²) in [6.07, 6.45) is 3.62. The lowest BCUT2D eigenvalue weighted by atomic mass is 9.79. The van der Waals surface area contributed by atoms with Gasteiger partial charge in [-0.15, -0.1) is 0 Å². The Labute approximate surface area is 116 Å². The molecule has 1 N–H and O–H groups in total. The summed E-state index contributed by atoms with van der Waals surface area (Å²) < 4.78 is 6.00. The fraction of sp³-hybridized carbons (Fsp3) is 0.647. The van der Waals surface area contributed by atoms with E-state index in [1.54, 1.807) is 0 Å². The monoisotopic (exact) mass is 262 g/mol. The molecule has 0 aromatic heterocycles. The third-order valence-corrected chi connectivity index (χ3v) is 4.36. The molecule has 1 aromatic rings. The van der Waals surface area contributed by atoms with Crippen LogP contribution in [-0.2, 0) is 6.42 Å². The van der Waals surface area contributed by atoms with Crippen molar-refractivity contribution in [3.63, 3.8) is 0 Å². The first kappa shape index (κ1) is 14.4. The lowest BCUT2D eigenvalue weighted by molar-refractivity contribution is -0.0176. The molecule has 1 fully saturated rings. The minimum absolute atomic E-state index is 0.0476. The lowest BCUT2D eigenvalue weighted by Gasteiger charge is -2.35. The van der Waals surface area contributed by atoms with Crippen LogP contribution in [0.4, 0.5) is 0 Å². The second-order valence-electron chi connectivity index (χ2n) is 6.04. The Bertz CT molecular complexity index is 383. The van der Waals surface area contributed by atoms with Gasteiger partial charge in [0.05, 0.1) is 6.10 Å². The Balaban J connectivity index is 1.99. The molecule has 0 bridgehead atoms. The van der Waals surface area contributed by atoms with E-state index < -0.39 is 0 Å². The molecule has 3 atom stereocenters. The molecular formula is C17H26O2. The van der Waals surface area contributed by atoms with E-state index in [9.17, 15) is 5.11 Å². The SMILES string of the molecule is CCc1ccc(OC2CC(C(C)C)CCC2O)cc1. The zero-order chi connectivity index (χ0) is 13.8. The van der Waals surface area contributed by atoms with Gasteiger partial charge in [-0.2, -0.15) is 0 Å². The van der Waals surface area contributed by atoms with Crippen LogP contribution in [0.2, 0.25) is 0 Å². The van der Waals surface area contributed by atoms with E-state index in [4.69, 9.17) is 4.74 Å². The van der Waals surface area contributed by atoms with Gasteiger partial charge in [0.2, 0.25) is 0 Å². The van der Waals surface area contributed by atoms with Crippen molar-refractivity contribution in [2.75, 3.05) is 0 Å². The second-order valence-corrected chi connectivity index (χ2v) is 6.04. The number of aliphatic hydroxyl groups is 1. The Morgan fingerprint density at radius 2 is 1.89 bits per heavy atom. The van der Waals surface area contributed by atoms with Gasteiger partial charge in [-0.3, -0.25) is 0 Å². The maximum Gasteiger partial charge on any atom is 0.125 e. The highest BCUT2D eigenvalue weighted by atomic mass is 16.5. The van der Waals surface area contributed by atoms with Crippen molar-refractivity contribution >= 4 is 0 Å². The van der Waals surface area contributed by atoms with E-state index >= 15 is 0 Å². The molecule has 2 nitrogen and oxygen atoms in total. The first-order valence-electron chi connectivity index (χ1n) is 7.53. The van der Waals surface area contributed by atoms with E-state index in [2.05, 4.69) is 32.9 Å². The summed E-state index contributed by atoms with van der Waals surface area (Å²) in [5.74, 6) is 2.22. The molecule has 0 radical (unpaired) electrons. The number of aryl methyl sites for hydroxylation is 1. The fourth-order valence-electron chi connectivity index (χ4n) is 2.85. The Morgan fingerprint density at radius 1 is 1.21 bits per heavy atom. The normalized spacial score (nSPS) is 27.5. The number of ether oxygens (including phenoxy) is 1. The van der Waals surface area contributed by atoms with E-state index in [0.717, 1.165) is 31.4 Å². The molecule has 2 rings (SSSR count). The molecule has 3 unspecified atom stereocenters. The van der Waals surface area contributed by atoms with E-state index in [-0.39, 0.29) is 12.2 Å². The van der Waals surface area contributed by atoms with Gasteiger partial charge in [-0.1, -0.05) is 32.9 Å². The highest BCUT2D eigenvalue weighted by molar-refractivity contribution is 5.27. The van der Waals surface area contributed by atoms with Crippen molar-refractivity contribution in [1.29, 1.82) is 0 Å². The molecule has 1 aliphatic rings. The molecule has 1 aliphatic carbocycles. The standard InChI is InChI=1S/C17H26O2/c1-4-13-5-8-15(9-6-13)19-17-11-14(12(2)3)7-10-16(17)18/h5-6,8-9,12,14,16-18H,4,7,10-11H2,1-3H3. The van der Waals surface area contributed by atoms with Gasteiger partial charge in [0.25, 0.3) is 0 Å². The van der Waals surface area contributed by atoms with Crippen molar-refractivity contribution in [1.82, 2.24) is 0 Å². The van der Waals surface area contributed by atoms with Crippen LogP contribution in [0.15, 0.2) is 24.3 Å². The van der Waals surface area contributed by atoms with Crippen molar-refractivity contribution < 1.29 is 9.84 Å². The Kier molecular flexibility index (Phi) is 4.87. The first-order chi connectivity index (χ1) is 9.10. The van der Waals surface area contributed by atoms with Crippen molar-refractivity contribution in [3.8, 4) is 5.75 Å². The van der Waals surface area contributed by atoms with Crippen LogP contribution in [0.25, 0.3) is 0 Å². The summed E-state index contributed by atoms with van der Waals surface area (Å²) in [7, 11) is 0. The number of hydrogen-bond donors (Lipinski definition) is 1.